The molecule has 0 radical (unpaired) electrons. The number of benzene rings is 1. The van der Waals surface area contributed by atoms with Crippen LogP contribution in [0.3, 0.4) is 0 Å². The minimum atomic E-state index is 0.130. The number of morpholine rings is 1. The summed E-state index contributed by atoms with van der Waals surface area (Å²) in [4.78, 5) is 6.18. The highest BCUT2D eigenvalue weighted by molar-refractivity contribution is 5.85. The number of H-pyrrole nitrogens is 1. The van der Waals surface area contributed by atoms with Crippen LogP contribution in [0, 0.1) is 0 Å². The standard InChI is InChI=1S/C18H25N3O/c1-18(2)11-15-17(13-5-3-4-6-14(13)19-15)16(20-18)12-21-7-9-22-10-8-21/h3-6,16,19-20H,7-12H2,1-2H3. The predicted molar refractivity (Wildman–Crippen MR) is 89.2 cm³/mol. The van der Waals surface area contributed by atoms with Crippen LogP contribution < -0.4 is 5.32 Å². The molecular weight excluding hydrogens is 274 g/mol. The molecular formula is C18H25N3O. The van der Waals surface area contributed by atoms with Crippen molar-refractivity contribution in [1.82, 2.24) is 15.2 Å². The maximum absolute atomic E-state index is 5.49. The summed E-state index contributed by atoms with van der Waals surface area (Å²) >= 11 is 0. The van der Waals surface area contributed by atoms with Gasteiger partial charge in [-0.05, 0) is 25.5 Å². The number of ether oxygens (including phenoxy) is 1. The lowest BCUT2D eigenvalue weighted by molar-refractivity contribution is 0.0312. The van der Waals surface area contributed by atoms with Crippen LogP contribution in [0.5, 0.6) is 0 Å². The summed E-state index contributed by atoms with van der Waals surface area (Å²) in [5, 5.41) is 5.25. The van der Waals surface area contributed by atoms with E-state index >= 15 is 0 Å². The molecule has 2 aliphatic heterocycles. The Morgan fingerprint density at radius 1 is 1.23 bits per heavy atom. The number of aromatic amines is 1. The first-order valence-electron chi connectivity index (χ1n) is 8.30. The highest BCUT2D eigenvalue weighted by Crippen LogP contribution is 2.36. The summed E-state index contributed by atoms with van der Waals surface area (Å²) in [5.41, 5.74) is 4.27. The van der Waals surface area contributed by atoms with Crippen LogP contribution in [0.15, 0.2) is 24.3 Å². The van der Waals surface area contributed by atoms with Gasteiger partial charge in [-0.2, -0.15) is 0 Å². The van der Waals surface area contributed by atoms with Gasteiger partial charge in [-0.3, -0.25) is 4.90 Å². The highest BCUT2D eigenvalue weighted by Gasteiger charge is 2.34. The second-order valence-electron chi connectivity index (χ2n) is 7.23. The summed E-state index contributed by atoms with van der Waals surface area (Å²) in [6, 6.07) is 9.07. The van der Waals surface area contributed by atoms with Gasteiger partial charge in [0.15, 0.2) is 0 Å². The normalized spacial score (nSPS) is 25.3. The van der Waals surface area contributed by atoms with Gasteiger partial charge in [-0.15, -0.1) is 0 Å². The van der Waals surface area contributed by atoms with E-state index in [0.717, 1.165) is 39.3 Å². The maximum Gasteiger partial charge on any atom is 0.0594 e. The molecule has 0 amide bonds. The summed E-state index contributed by atoms with van der Waals surface area (Å²) in [7, 11) is 0. The summed E-state index contributed by atoms with van der Waals surface area (Å²) < 4.78 is 5.49. The molecule has 1 aromatic carbocycles. The molecule has 1 unspecified atom stereocenters. The SMILES string of the molecule is CC1(C)Cc2[nH]c3ccccc3c2C(CN2CCOCC2)N1. The first-order valence-corrected chi connectivity index (χ1v) is 8.30. The van der Waals surface area contributed by atoms with Crippen molar-refractivity contribution in [2.45, 2.75) is 31.8 Å². The number of para-hydroxylation sites is 1. The molecule has 0 aliphatic carbocycles. The fraction of sp³-hybridized carbons (Fsp3) is 0.556. The minimum Gasteiger partial charge on any atom is -0.379 e. The third-order valence-electron chi connectivity index (χ3n) is 4.90. The van der Waals surface area contributed by atoms with Crippen molar-refractivity contribution in [3.05, 3.63) is 35.5 Å². The van der Waals surface area contributed by atoms with Gasteiger partial charge in [-0.25, -0.2) is 0 Å². The zero-order valence-electron chi connectivity index (χ0n) is 13.5. The molecule has 1 aromatic heterocycles. The average Bonchev–Trinajstić information content (AvgIpc) is 2.84. The van der Waals surface area contributed by atoms with E-state index in [2.05, 4.69) is 53.3 Å². The smallest absolute Gasteiger partial charge is 0.0594 e. The first-order chi connectivity index (χ1) is 10.6. The Morgan fingerprint density at radius 3 is 2.82 bits per heavy atom. The highest BCUT2D eigenvalue weighted by atomic mass is 16.5. The van der Waals surface area contributed by atoms with E-state index in [-0.39, 0.29) is 5.54 Å². The molecule has 4 heteroatoms. The molecule has 3 heterocycles. The van der Waals surface area contributed by atoms with Gasteiger partial charge in [0.2, 0.25) is 0 Å². The van der Waals surface area contributed by atoms with E-state index in [1.807, 2.05) is 0 Å². The molecule has 118 valence electrons. The Kier molecular flexibility index (Phi) is 3.48. The van der Waals surface area contributed by atoms with Crippen LogP contribution in [0.4, 0.5) is 0 Å². The molecule has 4 nitrogen and oxygen atoms in total. The lowest BCUT2D eigenvalue weighted by Gasteiger charge is -2.40. The summed E-state index contributed by atoms with van der Waals surface area (Å²) in [6.45, 7) is 9.45. The topological polar surface area (TPSA) is 40.3 Å². The first kappa shape index (κ1) is 14.2. The largest absolute Gasteiger partial charge is 0.379 e. The van der Waals surface area contributed by atoms with Gasteiger partial charge in [-0.1, -0.05) is 18.2 Å². The number of nitrogens with zero attached hydrogens (tertiary/aromatic N) is 1. The summed E-state index contributed by atoms with van der Waals surface area (Å²) in [6.07, 6.45) is 1.05. The lowest BCUT2D eigenvalue weighted by Crippen LogP contribution is -2.51. The number of hydrogen-bond acceptors (Lipinski definition) is 3. The molecule has 1 fully saturated rings. The number of aromatic nitrogens is 1. The van der Waals surface area contributed by atoms with Gasteiger partial charge in [0.1, 0.15) is 0 Å². The fourth-order valence-corrected chi connectivity index (χ4v) is 3.97. The van der Waals surface area contributed by atoms with Crippen LogP contribution in [0.25, 0.3) is 10.9 Å². The van der Waals surface area contributed by atoms with E-state index in [1.54, 1.807) is 0 Å². The summed E-state index contributed by atoms with van der Waals surface area (Å²) in [5.74, 6) is 0. The predicted octanol–water partition coefficient (Wildman–Crippen LogP) is 2.47. The van der Waals surface area contributed by atoms with Crippen molar-refractivity contribution in [1.29, 1.82) is 0 Å². The molecule has 2 aromatic rings. The van der Waals surface area contributed by atoms with Crippen molar-refractivity contribution in [3.8, 4) is 0 Å². The lowest BCUT2D eigenvalue weighted by atomic mass is 9.86. The van der Waals surface area contributed by atoms with Gasteiger partial charge in [0.25, 0.3) is 0 Å². The Labute approximate surface area is 131 Å². The minimum absolute atomic E-state index is 0.130. The number of hydrogen-bond donors (Lipinski definition) is 2. The fourth-order valence-electron chi connectivity index (χ4n) is 3.97. The van der Waals surface area contributed by atoms with Crippen LogP contribution in [-0.4, -0.2) is 48.3 Å². The Morgan fingerprint density at radius 2 is 2.00 bits per heavy atom. The van der Waals surface area contributed by atoms with E-state index in [4.69, 9.17) is 4.74 Å². The Bertz CT molecular complexity index is 670. The molecule has 0 saturated carbocycles. The third-order valence-corrected chi connectivity index (χ3v) is 4.90. The van der Waals surface area contributed by atoms with E-state index in [9.17, 15) is 0 Å². The molecule has 2 N–H and O–H groups in total. The van der Waals surface area contributed by atoms with E-state index in [1.165, 1.54) is 22.2 Å². The molecule has 1 atom stereocenters. The maximum atomic E-state index is 5.49. The second kappa shape index (κ2) is 5.37. The molecule has 4 rings (SSSR count). The molecule has 0 bridgehead atoms. The average molecular weight is 299 g/mol. The van der Waals surface area contributed by atoms with Crippen molar-refractivity contribution >= 4 is 10.9 Å². The van der Waals surface area contributed by atoms with Crippen LogP contribution in [-0.2, 0) is 11.2 Å². The van der Waals surface area contributed by atoms with Crippen LogP contribution >= 0.6 is 0 Å². The van der Waals surface area contributed by atoms with Crippen LogP contribution in [0.2, 0.25) is 0 Å². The second-order valence-corrected chi connectivity index (χ2v) is 7.23. The van der Waals surface area contributed by atoms with E-state index < -0.39 is 0 Å². The Hall–Kier alpha value is -1.36. The number of fused-ring (bicyclic) bond motifs is 3. The monoisotopic (exact) mass is 299 g/mol. The van der Waals surface area contributed by atoms with Gasteiger partial charge < -0.3 is 15.0 Å². The molecule has 22 heavy (non-hydrogen) atoms. The van der Waals surface area contributed by atoms with Crippen molar-refractivity contribution in [2.75, 3.05) is 32.8 Å². The van der Waals surface area contributed by atoms with Gasteiger partial charge in [0.05, 0.1) is 13.2 Å². The van der Waals surface area contributed by atoms with Crippen molar-refractivity contribution < 1.29 is 4.74 Å². The quantitative estimate of drug-likeness (QED) is 0.895. The van der Waals surface area contributed by atoms with Crippen molar-refractivity contribution in [2.24, 2.45) is 0 Å². The number of rotatable bonds is 2. The molecule has 0 spiro atoms. The Balaban J connectivity index is 1.71. The van der Waals surface area contributed by atoms with Gasteiger partial charge >= 0.3 is 0 Å². The van der Waals surface area contributed by atoms with Crippen molar-refractivity contribution in [3.63, 3.8) is 0 Å². The molecule has 2 aliphatic rings. The number of nitrogens with one attached hydrogen (secondary N) is 2. The zero-order valence-corrected chi connectivity index (χ0v) is 13.5. The third kappa shape index (κ3) is 2.56. The zero-order chi connectivity index (χ0) is 15.2. The van der Waals surface area contributed by atoms with Gasteiger partial charge in [0, 0.05) is 54.2 Å². The molecule has 1 saturated heterocycles. The van der Waals surface area contributed by atoms with E-state index in [0.29, 0.717) is 6.04 Å². The van der Waals surface area contributed by atoms with Crippen LogP contribution in [0.1, 0.15) is 31.1 Å².